The number of benzene rings is 2. The van der Waals surface area contributed by atoms with E-state index in [0.717, 1.165) is 0 Å². The Bertz CT molecular complexity index is 1080. The standard InChI is InChI=1S/C19H15N5O3/c1-27-16-8-7-12(9-15(16)25)11-21-24-19-22-17(13-5-3-2-4-6-13)14(10-20)18(26)23-19/h2-9,11,25H,1H3,(H2,22,23,24,26). The molecular weight excluding hydrogens is 346 g/mol. The maximum absolute atomic E-state index is 12.2. The predicted octanol–water partition coefficient (Wildman–Crippen LogP) is 2.47. The Balaban J connectivity index is 1.88. The first-order chi connectivity index (χ1) is 13.1. The first-order valence-corrected chi connectivity index (χ1v) is 7.88. The number of hydrogen-bond acceptors (Lipinski definition) is 7. The van der Waals surface area contributed by atoms with Crippen molar-refractivity contribution >= 4 is 12.2 Å². The molecule has 0 unspecified atom stereocenters. The van der Waals surface area contributed by atoms with Crippen LogP contribution in [0.1, 0.15) is 11.1 Å². The molecule has 8 heteroatoms. The van der Waals surface area contributed by atoms with E-state index >= 15 is 0 Å². The minimum atomic E-state index is -0.564. The third-order valence-electron chi connectivity index (χ3n) is 3.67. The molecule has 3 aromatic rings. The number of nitrogens with one attached hydrogen (secondary N) is 2. The van der Waals surface area contributed by atoms with E-state index in [0.29, 0.717) is 16.9 Å². The van der Waals surface area contributed by atoms with Gasteiger partial charge in [0.05, 0.1) is 19.0 Å². The summed E-state index contributed by atoms with van der Waals surface area (Å²) >= 11 is 0. The van der Waals surface area contributed by atoms with Gasteiger partial charge in [-0.15, -0.1) is 0 Å². The van der Waals surface area contributed by atoms with Crippen molar-refractivity contribution in [3.05, 3.63) is 70.0 Å². The third-order valence-corrected chi connectivity index (χ3v) is 3.67. The lowest BCUT2D eigenvalue weighted by Gasteiger charge is -2.06. The fraction of sp³-hybridized carbons (Fsp3) is 0.0526. The number of rotatable bonds is 5. The molecular formula is C19H15N5O3. The van der Waals surface area contributed by atoms with Gasteiger partial charge in [0.25, 0.3) is 5.56 Å². The Labute approximate surface area is 154 Å². The molecule has 0 spiro atoms. The summed E-state index contributed by atoms with van der Waals surface area (Å²) in [7, 11) is 1.46. The topological polar surface area (TPSA) is 123 Å². The number of anilines is 1. The molecule has 3 N–H and O–H groups in total. The average molecular weight is 361 g/mol. The molecule has 2 aromatic carbocycles. The van der Waals surface area contributed by atoms with Gasteiger partial charge in [-0.1, -0.05) is 30.3 Å². The highest BCUT2D eigenvalue weighted by molar-refractivity contribution is 5.81. The number of methoxy groups -OCH3 is 1. The zero-order chi connectivity index (χ0) is 19.2. The monoisotopic (exact) mass is 361 g/mol. The number of nitriles is 1. The molecule has 1 aromatic heterocycles. The van der Waals surface area contributed by atoms with Crippen molar-refractivity contribution in [3.63, 3.8) is 0 Å². The lowest BCUT2D eigenvalue weighted by atomic mass is 10.1. The summed E-state index contributed by atoms with van der Waals surface area (Å²) in [5.74, 6) is 0.426. The van der Waals surface area contributed by atoms with Gasteiger partial charge in [0.2, 0.25) is 5.95 Å². The molecule has 3 rings (SSSR count). The van der Waals surface area contributed by atoms with Crippen LogP contribution in [0.15, 0.2) is 58.4 Å². The number of aromatic nitrogens is 2. The van der Waals surface area contributed by atoms with Crippen LogP contribution in [0.5, 0.6) is 11.5 Å². The smallest absolute Gasteiger partial charge is 0.270 e. The number of aromatic hydroxyl groups is 1. The van der Waals surface area contributed by atoms with Crippen molar-refractivity contribution in [1.29, 1.82) is 5.26 Å². The average Bonchev–Trinajstić information content (AvgIpc) is 2.68. The minimum Gasteiger partial charge on any atom is -0.504 e. The molecule has 0 radical (unpaired) electrons. The quantitative estimate of drug-likeness (QED) is 0.474. The van der Waals surface area contributed by atoms with E-state index < -0.39 is 5.56 Å². The van der Waals surface area contributed by atoms with Gasteiger partial charge in [-0.25, -0.2) is 10.4 Å². The highest BCUT2D eigenvalue weighted by atomic mass is 16.5. The van der Waals surface area contributed by atoms with Crippen LogP contribution >= 0.6 is 0 Å². The molecule has 0 fully saturated rings. The van der Waals surface area contributed by atoms with Crippen LogP contribution < -0.4 is 15.7 Å². The second kappa shape index (κ2) is 7.84. The molecule has 0 atom stereocenters. The Morgan fingerprint density at radius 1 is 1.30 bits per heavy atom. The van der Waals surface area contributed by atoms with Crippen molar-refractivity contribution in [1.82, 2.24) is 9.97 Å². The van der Waals surface area contributed by atoms with Crippen LogP contribution in [0, 0.1) is 11.3 Å². The lowest BCUT2D eigenvalue weighted by molar-refractivity contribution is 0.373. The summed E-state index contributed by atoms with van der Waals surface area (Å²) in [5.41, 5.74) is 3.51. The lowest BCUT2D eigenvalue weighted by Crippen LogP contribution is -2.16. The van der Waals surface area contributed by atoms with Gasteiger partial charge in [-0.3, -0.25) is 9.78 Å². The summed E-state index contributed by atoms with van der Waals surface area (Å²) in [6, 6.07) is 15.6. The normalized spacial score (nSPS) is 10.5. The maximum atomic E-state index is 12.2. The van der Waals surface area contributed by atoms with Crippen molar-refractivity contribution in [3.8, 4) is 28.8 Å². The molecule has 134 valence electrons. The summed E-state index contributed by atoms with van der Waals surface area (Å²) in [4.78, 5) is 18.9. The Morgan fingerprint density at radius 2 is 2.07 bits per heavy atom. The summed E-state index contributed by atoms with van der Waals surface area (Å²) in [6.07, 6.45) is 1.44. The van der Waals surface area contributed by atoms with Crippen molar-refractivity contribution in [2.45, 2.75) is 0 Å². The molecule has 8 nitrogen and oxygen atoms in total. The first-order valence-electron chi connectivity index (χ1n) is 7.88. The highest BCUT2D eigenvalue weighted by Gasteiger charge is 2.12. The fourth-order valence-corrected chi connectivity index (χ4v) is 2.39. The molecule has 0 aliphatic heterocycles. The molecule has 0 aliphatic rings. The van der Waals surface area contributed by atoms with Gasteiger partial charge in [-0.05, 0) is 23.8 Å². The van der Waals surface area contributed by atoms with E-state index in [9.17, 15) is 15.2 Å². The zero-order valence-corrected chi connectivity index (χ0v) is 14.3. The summed E-state index contributed by atoms with van der Waals surface area (Å²) in [6.45, 7) is 0. The van der Waals surface area contributed by atoms with E-state index in [1.807, 2.05) is 12.1 Å². The predicted molar refractivity (Wildman–Crippen MR) is 101 cm³/mol. The molecule has 27 heavy (non-hydrogen) atoms. The van der Waals surface area contributed by atoms with E-state index in [1.165, 1.54) is 19.4 Å². The van der Waals surface area contributed by atoms with Gasteiger partial charge < -0.3 is 9.84 Å². The first kappa shape index (κ1) is 17.7. The van der Waals surface area contributed by atoms with Gasteiger partial charge in [-0.2, -0.15) is 10.4 Å². The maximum Gasteiger partial charge on any atom is 0.270 e. The third kappa shape index (κ3) is 3.93. The zero-order valence-electron chi connectivity index (χ0n) is 14.3. The van der Waals surface area contributed by atoms with E-state index in [4.69, 9.17) is 4.74 Å². The number of nitrogens with zero attached hydrogens (tertiary/aromatic N) is 3. The number of phenols is 1. The van der Waals surface area contributed by atoms with Crippen LogP contribution in [0.4, 0.5) is 5.95 Å². The van der Waals surface area contributed by atoms with Crippen LogP contribution in [0.2, 0.25) is 0 Å². The number of H-pyrrole nitrogens is 1. The largest absolute Gasteiger partial charge is 0.504 e. The SMILES string of the molecule is COc1ccc(C=NNc2nc(-c3ccccc3)c(C#N)c(=O)[nH]2)cc1O. The molecule has 0 bridgehead atoms. The number of phenolic OH excluding ortho intramolecular Hbond substituents is 1. The number of hydrogen-bond donors (Lipinski definition) is 3. The second-order valence-corrected chi connectivity index (χ2v) is 5.42. The van der Waals surface area contributed by atoms with Crippen molar-refractivity contribution in [2.75, 3.05) is 12.5 Å². The van der Waals surface area contributed by atoms with Crippen LogP contribution in [0.3, 0.4) is 0 Å². The van der Waals surface area contributed by atoms with Crippen LogP contribution in [-0.4, -0.2) is 28.4 Å². The number of ether oxygens (including phenoxy) is 1. The summed E-state index contributed by atoms with van der Waals surface area (Å²) in [5, 5.41) is 23.0. The molecule has 1 heterocycles. The van der Waals surface area contributed by atoms with Crippen molar-refractivity contribution < 1.29 is 9.84 Å². The van der Waals surface area contributed by atoms with E-state index in [2.05, 4.69) is 20.5 Å². The van der Waals surface area contributed by atoms with Gasteiger partial charge in [0.15, 0.2) is 11.5 Å². The van der Waals surface area contributed by atoms with Crippen molar-refractivity contribution in [2.24, 2.45) is 5.10 Å². The number of hydrazone groups is 1. The van der Waals surface area contributed by atoms with Crippen LogP contribution in [-0.2, 0) is 0 Å². The Hall–Kier alpha value is -4.12. The van der Waals surface area contributed by atoms with Gasteiger partial charge >= 0.3 is 0 Å². The van der Waals surface area contributed by atoms with E-state index in [-0.39, 0.29) is 23.0 Å². The Morgan fingerprint density at radius 3 is 2.74 bits per heavy atom. The van der Waals surface area contributed by atoms with E-state index in [1.54, 1.807) is 36.4 Å². The molecule has 0 amide bonds. The fourth-order valence-electron chi connectivity index (χ4n) is 2.39. The molecule has 0 saturated heterocycles. The van der Waals surface area contributed by atoms with Crippen LogP contribution in [0.25, 0.3) is 11.3 Å². The minimum absolute atomic E-state index is 0.0160. The Kier molecular flexibility index (Phi) is 5.14. The molecule has 0 aliphatic carbocycles. The van der Waals surface area contributed by atoms with Gasteiger partial charge in [0.1, 0.15) is 11.6 Å². The highest BCUT2D eigenvalue weighted by Crippen LogP contribution is 2.25. The molecule has 0 saturated carbocycles. The second-order valence-electron chi connectivity index (χ2n) is 5.42. The number of aromatic amines is 1. The van der Waals surface area contributed by atoms with Gasteiger partial charge in [0, 0.05) is 5.56 Å². The summed E-state index contributed by atoms with van der Waals surface area (Å²) < 4.78 is 4.98.